The van der Waals surface area contributed by atoms with E-state index in [1.807, 2.05) is 0 Å². The van der Waals surface area contributed by atoms with Crippen LogP contribution in [0.25, 0.3) is 0 Å². The first-order valence-electron chi connectivity index (χ1n) is 12.7. The summed E-state index contributed by atoms with van der Waals surface area (Å²) in [5.41, 5.74) is -6.23. The van der Waals surface area contributed by atoms with Crippen molar-refractivity contribution >= 4 is 21.7 Å². The van der Waals surface area contributed by atoms with Gasteiger partial charge in [0.15, 0.2) is 6.10 Å². The van der Waals surface area contributed by atoms with Crippen LogP contribution in [0.5, 0.6) is 5.75 Å². The summed E-state index contributed by atoms with van der Waals surface area (Å²) < 4.78 is 76.3. The van der Waals surface area contributed by atoms with Crippen LogP contribution in [0.1, 0.15) is 83.6 Å². The highest BCUT2D eigenvalue weighted by molar-refractivity contribution is 7.93. The van der Waals surface area contributed by atoms with Gasteiger partial charge in [-0.3, -0.25) is 4.31 Å². The molecule has 7 nitrogen and oxygen atoms in total. The Kier molecular flexibility index (Phi) is 8.21. The number of carbonyl (C=O) groups excluding carboxylic acids is 1. The number of phenols is 1. The number of aryl methyl sites for hydroxylation is 1. The molecule has 2 aliphatic rings. The lowest BCUT2D eigenvalue weighted by Crippen LogP contribution is -2.39. The van der Waals surface area contributed by atoms with E-state index in [2.05, 4.69) is 20.8 Å². The predicted molar refractivity (Wildman–Crippen MR) is 134 cm³/mol. The second-order valence-corrected chi connectivity index (χ2v) is 13.5. The Morgan fingerprint density at radius 1 is 1.19 bits per heavy atom. The minimum atomic E-state index is -5.64. The molecule has 37 heavy (non-hydrogen) atoms. The van der Waals surface area contributed by atoms with Gasteiger partial charge in [-0.1, -0.05) is 27.2 Å². The van der Waals surface area contributed by atoms with Crippen LogP contribution in [0.3, 0.4) is 0 Å². The maximum atomic E-state index is 13.6. The molecular formula is C26H38F3NO6S. The highest BCUT2D eigenvalue weighted by Crippen LogP contribution is 2.46. The van der Waals surface area contributed by atoms with E-state index in [-0.39, 0.29) is 45.1 Å². The molecule has 1 fully saturated rings. The van der Waals surface area contributed by atoms with Crippen LogP contribution in [0.4, 0.5) is 18.9 Å². The Balaban J connectivity index is 2.04. The second-order valence-electron chi connectivity index (χ2n) is 11.6. The Morgan fingerprint density at radius 2 is 1.81 bits per heavy atom. The van der Waals surface area contributed by atoms with Crippen LogP contribution in [-0.4, -0.2) is 43.3 Å². The van der Waals surface area contributed by atoms with Crippen molar-refractivity contribution in [3.05, 3.63) is 22.8 Å². The molecule has 1 aliphatic carbocycles. The summed E-state index contributed by atoms with van der Waals surface area (Å²) in [6.07, 6.45) is 0.859. The normalized spacial score (nSPS) is 23.8. The van der Waals surface area contributed by atoms with Crippen LogP contribution < -0.4 is 4.31 Å². The molecular weight excluding hydrogens is 511 g/mol. The minimum Gasteiger partial charge on any atom is -0.507 e. The lowest BCUT2D eigenvalue weighted by Gasteiger charge is -2.38. The smallest absolute Gasteiger partial charge is 0.507 e. The molecule has 1 N–H and O–H groups in total. The number of ether oxygens (including phenoxy) is 2. The second kappa shape index (κ2) is 10.3. The Hall–Kier alpha value is -2.01. The fourth-order valence-corrected chi connectivity index (χ4v) is 6.39. The van der Waals surface area contributed by atoms with Crippen LogP contribution in [-0.2, 0) is 30.7 Å². The molecule has 0 bridgehead atoms. The van der Waals surface area contributed by atoms with Crippen molar-refractivity contribution in [2.75, 3.05) is 10.8 Å². The number of halogens is 3. The Bertz CT molecular complexity index is 1130. The number of hydrogen-bond donors (Lipinski definition) is 1. The van der Waals surface area contributed by atoms with Gasteiger partial charge in [-0.25, -0.2) is 4.79 Å². The molecule has 0 spiro atoms. The van der Waals surface area contributed by atoms with Gasteiger partial charge in [0.05, 0.1) is 11.3 Å². The first-order chi connectivity index (χ1) is 16.8. The number of carbonyl (C=O) groups is 1. The topological polar surface area (TPSA) is 93.1 Å². The van der Waals surface area contributed by atoms with E-state index in [0.29, 0.717) is 18.3 Å². The van der Waals surface area contributed by atoms with Crippen molar-refractivity contribution in [1.82, 2.24) is 0 Å². The summed E-state index contributed by atoms with van der Waals surface area (Å²) in [7, 11) is -5.64. The number of fused-ring (bicyclic) bond motifs is 1. The minimum absolute atomic E-state index is 0.0232. The number of hydrogen-bond acceptors (Lipinski definition) is 6. The molecule has 0 amide bonds. The SMILES string of the molecule is Cc1cc2c(c(O)c1C(OC(C)(C)C)C(=O)O[C@@H]1C[C@H](C)CC[C@H]1C(C)C)CCN2S(=O)(=O)C(F)(F)F. The van der Waals surface area contributed by atoms with E-state index in [1.165, 1.54) is 13.0 Å². The van der Waals surface area contributed by atoms with Crippen LogP contribution in [0.15, 0.2) is 6.07 Å². The van der Waals surface area contributed by atoms with Gasteiger partial charge in [0.1, 0.15) is 11.9 Å². The number of anilines is 1. The number of alkyl halides is 3. The molecule has 1 aliphatic heterocycles. The number of aromatic hydroxyl groups is 1. The van der Waals surface area contributed by atoms with Crippen molar-refractivity contribution in [1.29, 1.82) is 0 Å². The van der Waals surface area contributed by atoms with Crippen LogP contribution >= 0.6 is 0 Å². The summed E-state index contributed by atoms with van der Waals surface area (Å²) in [5.74, 6) is -0.281. The van der Waals surface area contributed by atoms with Gasteiger partial charge in [0.2, 0.25) is 0 Å². The third-order valence-electron chi connectivity index (χ3n) is 7.22. The summed E-state index contributed by atoms with van der Waals surface area (Å²) in [5, 5.41) is 11.2. The van der Waals surface area contributed by atoms with Crippen molar-refractivity contribution in [2.45, 2.75) is 97.5 Å². The average molecular weight is 550 g/mol. The zero-order valence-corrected chi connectivity index (χ0v) is 23.3. The molecule has 11 heteroatoms. The number of esters is 1. The van der Waals surface area contributed by atoms with Gasteiger partial charge in [-0.05, 0) is 76.3 Å². The fourth-order valence-electron chi connectivity index (χ4n) is 5.39. The third kappa shape index (κ3) is 6.02. The van der Waals surface area contributed by atoms with Crippen LogP contribution in [0.2, 0.25) is 0 Å². The molecule has 1 aromatic rings. The van der Waals surface area contributed by atoms with Gasteiger partial charge in [0.25, 0.3) is 0 Å². The number of nitrogens with zero attached hydrogens (tertiary/aromatic N) is 1. The molecule has 1 unspecified atom stereocenters. The van der Waals surface area contributed by atoms with Gasteiger partial charge in [-0.15, -0.1) is 0 Å². The number of rotatable bonds is 6. The lowest BCUT2D eigenvalue weighted by atomic mass is 9.75. The quantitative estimate of drug-likeness (QED) is 0.453. The van der Waals surface area contributed by atoms with Gasteiger partial charge < -0.3 is 14.6 Å². The zero-order chi connectivity index (χ0) is 28.1. The zero-order valence-electron chi connectivity index (χ0n) is 22.5. The largest absolute Gasteiger partial charge is 0.516 e. The summed E-state index contributed by atoms with van der Waals surface area (Å²) in [6.45, 7) is 12.5. The van der Waals surface area contributed by atoms with E-state index in [9.17, 15) is 31.5 Å². The van der Waals surface area contributed by atoms with Crippen molar-refractivity contribution < 1.29 is 41.0 Å². The van der Waals surface area contributed by atoms with E-state index in [4.69, 9.17) is 9.47 Å². The van der Waals surface area contributed by atoms with Gasteiger partial charge >= 0.3 is 21.5 Å². The first-order valence-corrected chi connectivity index (χ1v) is 14.1. The molecule has 210 valence electrons. The summed E-state index contributed by atoms with van der Waals surface area (Å²) >= 11 is 0. The Labute approximate surface area is 217 Å². The Morgan fingerprint density at radius 3 is 2.35 bits per heavy atom. The molecule has 0 radical (unpaired) electrons. The molecule has 0 aromatic heterocycles. The third-order valence-corrected chi connectivity index (χ3v) is 8.77. The van der Waals surface area contributed by atoms with Crippen molar-refractivity contribution in [2.24, 2.45) is 17.8 Å². The highest BCUT2D eigenvalue weighted by atomic mass is 32.2. The standard InChI is InChI=1S/C26H38F3NO6S/c1-14(2)17-9-8-15(3)12-20(17)35-24(32)23(36-25(5,6)7)21-16(4)13-19-18(22(21)31)10-11-30(19)37(33,34)26(27,28)29/h13-15,17,20,23,31H,8-12H2,1-7H3/t15-,17+,20-,23?/m1/s1. The van der Waals surface area contributed by atoms with Crippen molar-refractivity contribution in [3.8, 4) is 5.75 Å². The van der Waals surface area contributed by atoms with E-state index < -0.39 is 45.5 Å². The molecule has 0 saturated heterocycles. The van der Waals surface area contributed by atoms with Crippen molar-refractivity contribution in [3.63, 3.8) is 0 Å². The maximum absolute atomic E-state index is 13.6. The first kappa shape index (κ1) is 29.5. The van der Waals surface area contributed by atoms with Gasteiger partial charge in [0, 0.05) is 17.7 Å². The maximum Gasteiger partial charge on any atom is 0.516 e. The monoisotopic (exact) mass is 549 g/mol. The van der Waals surface area contributed by atoms with E-state index in [1.54, 1.807) is 20.8 Å². The number of benzene rings is 1. The van der Waals surface area contributed by atoms with Crippen LogP contribution in [0, 0.1) is 24.7 Å². The average Bonchev–Trinajstić information content (AvgIpc) is 3.15. The highest BCUT2D eigenvalue weighted by Gasteiger charge is 2.52. The van der Waals surface area contributed by atoms with E-state index >= 15 is 0 Å². The molecule has 1 aromatic carbocycles. The number of sulfonamides is 1. The molecule has 3 rings (SSSR count). The van der Waals surface area contributed by atoms with Gasteiger partial charge in [-0.2, -0.15) is 21.6 Å². The van der Waals surface area contributed by atoms with E-state index in [0.717, 1.165) is 12.8 Å². The molecule has 4 atom stereocenters. The summed E-state index contributed by atoms with van der Waals surface area (Å²) in [4.78, 5) is 13.6. The summed E-state index contributed by atoms with van der Waals surface area (Å²) in [6, 6.07) is 1.26. The fraction of sp³-hybridized carbons (Fsp3) is 0.731. The molecule has 1 saturated carbocycles. The lowest BCUT2D eigenvalue weighted by molar-refractivity contribution is -0.179. The number of phenolic OH excluding ortho intramolecular Hbond substituents is 1. The predicted octanol–water partition coefficient (Wildman–Crippen LogP) is 5.77. The molecule has 1 heterocycles.